The van der Waals surface area contributed by atoms with Crippen LogP contribution in [0.15, 0.2) is 24.3 Å². The van der Waals surface area contributed by atoms with Gasteiger partial charge in [0.05, 0.1) is 0 Å². The first-order valence-electron chi connectivity index (χ1n) is 8.68. The normalized spacial score (nSPS) is 15.6. The first kappa shape index (κ1) is 19.0. The Morgan fingerprint density at radius 2 is 1.56 bits per heavy atom. The fraction of sp³-hybridized carbons (Fsp3) is 0.526. The second-order valence-corrected chi connectivity index (χ2v) is 7.71. The van der Waals surface area contributed by atoms with E-state index in [2.05, 4.69) is 17.6 Å². The van der Waals surface area contributed by atoms with Gasteiger partial charge in [0.15, 0.2) is 0 Å². The lowest BCUT2D eigenvalue weighted by Gasteiger charge is -2.30. The Morgan fingerprint density at radius 3 is 2.08 bits per heavy atom. The SMILES string of the molecule is CC1CCN(C(=O)c2ccc(NC(=O)C(=O)NC(C)(C)C)cc2)CC1. The highest BCUT2D eigenvalue weighted by molar-refractivity contribution is 6.39. The third-order valence-corrected chi connectivity index (χ3v) is 4.16. The van der Waals surface area contributed by atoms with Crippen LogP contribution >= 0.6 is 0 Å². The van der Waals surface area contributed by atoms with E-state index in [0.717, 1.165) is 25.9 Å². The van der Waals surface area contributed by atoms with Crippen LogP contribution in [0.25, 0.3) is 0 Å². The highest BCUT2D eigenvalue weighted by Gasteiger charge is 2.22. The van der Waals surface area contributed by atoms with Crippen LogP contribution in [0, 0.1) is 5.92 Å². The van der Waals surface area contributed by atoms with Gasteiger partial charge in [0.1, 0.15) is 0 Å². The van der Waals surface area contributed by atoms with Crippen LogP contribution in [0.5, 0.6) is 0 Å². The van der Waals surface area contributed by atoms with E-state index in [4.69, 9.17) is 0 Å². The van der Waals surface area contributed by atoms with E-state index >= 15 is 0 Å². The van der Waals surface area contributed by atoms with E-state index in [1.165, 1.54) is 0 Å². The maximum Gasteiger partial charge on any atom is 0.313 e. The van der Waals surface area contributed by atoms with Crippen LogP contribution in [0.3, 0.4) is 0 Å². The molecule has 6 nitrogen and oxygen atoms in total. The fourth-order valence-corrected chi connectivity index (χ4v) is 2.68. The van der Waals surface area contributed by atoms with Gasteiger partial charge in [-0.3, -0.25) is 14.4 Å². The summed E-state index contributed by atoms with van der Waals surface area (Å²) < 4.78 is 0. The number of hydrogen-bond donors (Lipinski definition) is 2. The number of nitrogens with one attached hydrogen (secondary N) is 2. The molecule has 1 aliphatic heterocycles. The number of likely N-dealkylation sites (tertiary alicyclic amines) is 1. The van der Waals surface area contributed by atoms with Gasteiger partial charge in [0.2, 0.25) is 0 Å². The summed E-state index contributed by atoms with van der Waals surface area (Å²) in [7, 11) is 0. The van der Waals surface area contributed by atoms with Gasteiger partial charge in [-0.25, -0.2) is 0 Å². The Balaban J connectivity index is 1.94. The number of benzene rings is 1. The predicted octanol–water partition coefficient (Wildman–Crippen LogP) is 2.41. The van der Waals surface area contributed by atoms with Gasteiger partial charge in [0.25, 0.3) is 5.91 Å². The Labute approximate surface area is 149 Å². The molecule has 0 bridgehead atoms. The molecular formula is C19H27N3O3. The number of piperidine rings is 1. The van der Waals surface area contributed by atoms with Gasteiger partial charge < -0.3 is 15.5 Å². The lowest BCUT2D eigenvalue weighted by atomic mass is 9.98. The molecule has 1 saturated heterocycles. The van der Waals surface area contributed by atoms with Crippen molar-refractivity contribution in [3.8, 4) is 0 Å². The molecule has 0 aliphatic carbocycles. The molecule has 6 heteroatoms. The summed E-state index contributed by atoms with van der Waals surface area (Å²) in [5.74, 6) is -0.731. The van der Waals surface area contributed by atoms with Gasteiger partial charge in [-0.15, -0.1) is 0 Å². The lowest BCUT2D eigenvalue weighted by molar-refractivity contribution is -0.137. The number of carbonyl (C=O) groups is 3. The number of rotatable bonds is 2. The number of anilines is 1. The van der Waals surface area contributed by atoms with Crippen LogP contribution in [-0.2, 0) is 9.59 Å². The van der Waals surface area contributed by atoms with Crippen LogP contribution in [-0.4, -0.2) is 41.2 Å². The minimum atomic E-state index is -0.723. The summed E-state index contributed by atoms with van der Waals surface area (Å²) in [6.45, 7) is 9.19. The van der Waals surface area contributed by atoms with Crippen LogP contribution in [0.1, 0.15) is 50.9 Å². The Kier molecular flexibility index (Phi) is 5.82. The molecule has 1 aliphatic rings. The zero-order valence-corrected chi connectivity index (χ0v) is 15.4. The van der Waals surface area contributed by atoms with E-state index in [1.807, 2.05) is 4.90 Å². The van der Waals surface area contributed by atoms with Gasteiger partial charge >= 0.3 is 11.8 Å². The lowest BCUT2D eigenvalue weighted by Crippen LogP contribution is -2.46. The van der Waals surface area contributed by atoms with Crippen molar-refractivity contribution in [2.75, 3.05) is 18.4 Å². The molecular weight excluding hydrogens is 318 g/mol. The van der Waals surface area contributed by atoms with Crippen LogP contribution in [0.2, 0.25) is 0 Å². The van der Waals surface area contributed by atoms with Crippen molar-refractivity contribution in [3.63, 3.8) is 0 Å². The standard InChI is InChI=1S/C19H27N3O3/c1-13-9-11-22(12-10-13)18(25)14-5-7-15(8-6-14)20-16(23)17(24)21-19(2,3)4/h5-8,13H,9-12H2,1-4H3,(H,20,23)(H,21,24). The Morgan fingerprint density at radius 1 is 1.00 bits per heavy atom. The summed E-state index contributed by atoms with van der Waals surface area (Å²) in [5, 5.41) is 5.14. The monoisotopic (exact) mass is 345 g/mol. The second-order valence-electron chi connectivity index (χ2n) is 7.71. The highest BCUT2D eigenvalue weighted by Crippen LogP contribution is 2.19. The zero-order chi connectivity index (χ0) is 18.6. The molecule has 0 unspecified atom stereocenters. The van der Waals surface area contributed by atoms with Crippen molar-refractivity contribution in [2.24, 2.45) is 5.92 Å². The number of nitrogens with zero attached hydrogens (tertiary/aromatic N) is 1. The fourth-order valence-electron chi connectivity index (χ4n) is 2.68. The van der Waals surface area contributed by atoms with Crippen LogP contribution in [0.4, 0.5) is 5.69 Å². The third-order valence-electron chi connectivity index (χ3n) is 4.16. The van der Waals surface area contributed by atoms with E-state index in [-0.39, 0.29) is 5.91 Å². The molecule has 0 aromatic heterocycles. The minimum Gasteiger partial charge on any atom is -0.343 e. The minimum absolute atomic E-state index is 0.00949. The maximum absolute atomic E-state index is 12.5. The molecule has 1 heterocycles. The second kappa shape index (κ2) is 7.68. The molecule has 1 aromatic rings. The third kappa shape index (κ3) is 5.59. The van der Waals surface area contributed by atoms with E-state index < -0.39 is 17.4 Å². The van der Waals surface area contributed by atoms with E-state index in [1.54, 1.807) is 45.0 Å². The molecule has 0 saturated carbocycles. The van der Waals surface area contributed by atoms with Gasteiger partial charge in [-0.05, 0) is 63.8 Å². The molecule has 1 fully saturated rings. The number of hydrogen-bond acceptors (Lipinski definition) is 3. The largest absolute Gasteiger partial charge is 0.343 e. The summed E-state index contributed by atoms with van der Waals surface area (Å²) in [4.78, 5) is 38.0. The molecule has 0 radical (unpaired) electrons. The van der Waals surface area contributed by atoms with Crippen molar-refractivity contribution in [1.82, 2.24) is 10.2 Å². The Bertz CT molecular complexity index is 639. The average molecular weight is 345 g/mol. The van der Waals surface area contributed by atoms with Crippen LogP contribution < -0.4 is 10.6 Å². The molecule has 25 heavy (non-hydrogen) atoms. The van der Waals surface area contributed by atoms with Crippen molar-refractivity contribution in [1.29, 1.82) is 0 Å². The summed E-state index contributed by atoms with van der Waals surface area (Å²) in [5.41, 5.74) is 0.598. The van der Waals surface area contributed by atoms with Gasteiger partial charge in [-0.2, -0.15) is 0 Å². The number of amides is 3. The van der Waals surface area contributed by atoms with Crippen molar-refractivity contribution in [2.45, 2.75) is 46.1 Å². The summed E-state index contributed by atoms with van der Waals surface area (Å²) in [6.07, 6.45) is 2.06. The summed E-state index contributed by atoms with van der Waals surface area (Å²) in [6, 6.07) is 6.64. The van der Waals surface area contributed by atoms with Crippen molar-refractivity contribution >= 4 is 23.4 Å². The quantitative estimate of drug-likeness (QED) is 0.808. The molecule has 0 spiro atoms. The molecule has 1 aromatic carbocycles. The predicted molar refractivity (Wildman–Crippen MR) is 97.3 cm³/mol. The molecule has 3 amide bonds. The van der Waals surface area contributed by atoms with E-state index in [9.17, 15) is 14.4 Å². The molecule has 136 valence electrons. The van der Waals surface area contributed by atoms with Gasteiger partial charge in [-0.1, -0.05) is 6.92 Å². The van der Waals surface area contributed by atoms with Crippen molar-refractivity contribution < 1.29 is 14.4 Å². The molecule has 2 rings (SSSR count). The van der Waals surface area contributed by atoms with Crippen molar-refractivity contribution in [3.05, 3.63) is 29.8 Å². The first-order chi connectivity index (χ1) is 11.7. The summed E-state index contributed by atoms with van der Waals surface area (Å²) >= 11 is 0. The van der Waals surface area contributed by atoms with Gasteiger partial charge in [0, 0.05) is 29.9 Å². The van der Waals surface area contributed by atoms with E-state index in [0.29, 0.717) is 17.2 Å². The topological polar surface area (TPSA) is 78.5 Å². The average Bonchev–Trinajstić information content (AvgIpc) is 2.54. The Hall–Kier alpha value is -2.37. The number of carbonyl (C=O) groups excluding carboxylic acids is 3. The molecule has 2 N–H and O–H groups in total. The first-order valence-corrected chi connectivity index (χ1v) is 8.68. The zero-order valence-electron chi connectivity index (χ0n) is 15.4. The maximum atomic E-state index is 12.5. The smallest absolute Gasteiger partial charge is 0.313 e. The molecule has 0 atom stereocenters. The highest BCUT2D eigenvalue weighted by atomic mass is 16.2.